The van der Waals surface area contributed by atoms with Crippen molar-refractivity contribution in [3.05, 3.63) is 95.5 Å². The Morgan fingerprint density at radius 3 is 2.31 bits per heavy atom. The Kier molecular flexibility index (Phi) is 3.51. The zero-order chi connectivity index (χ0) is 17.5. The third-order valence-electron chi connectivity index (χ3n) is 4.60. The molecular formula is C23H14ClNO. The number of aliphatic imine (C=N–C) groups is 1. The number of ether oxygens (including phenoxy) is 1. The summed E-state index contributed by atoms with van der Waals surface area (Å²) in [5, 5.41) is 2.95. The van der Waals surface area contributed by atoms with Crippen LogP contribution >= 0.6 is 11.6 Å². The molecule has 0 N–H and O–H groups in total. The van der Waals surface area contributed by atoms with Crippen molar-refractivity contribution in [1.29, 1.82) is 0 Å². The van der Waals surface area contributed by atoms with Gasteiger partial charge in [0.2, 0.25) is 5.90 Å². The monoisotopic (exact) mass is 355 g/mol. The van der Waals surface area contributed by atoms with E-state index >= 15 is 0 Å². The molecule has 4 aromatic rings. The minimum atomic E-state index is 0.511. The summed E-state index contributed by atoms with van der Waals surface area (Å²) in [7, 11) is 0. The van der Waals surface area contributed by atoms with Crippen LogP contribution in [0.1, 0.15) is 5.56 Å². The Bertz CT molecular complexity index is 1180. The van der Waals surface area contributed by atoms with Crippen molar-refractivity contribution in [3.8, 4) is 16.9 Å². The summed E-state index contributed by atoms with van der Waals surface area (Å²) in [5.74, 6) is 1.29. The highest BCUT2D eigenvalue weighted by atomic mass is 35.5. The highest BCUT2D eigenvalue weighted by molar-refractivity contribution is 6.34. The zero-order valence-corrected chi connectivity index (χ0v) is 14.6. The predicted molar refractivity (Wildman–Crippen MR) is 108 cm³/mol. The van der Waals surface area contributed by atoms with E-state index in [0.29, 0.717) is 10.9 Å². The van der Waals surface area contributed by atoms with E-state index < -0.39 is 0 Å². The van der Waals surface area contributed by atoms with Gasteiger partial charge in [0, 0.05) is 11.1 Å². The number of halogens is 1. The molecule has 1 aliphatic heterocycles. The third-order valence-corrected chi connectivity index (χ3v) is 4.93. The van der Waals surface area contributed by atoms with Crippen molar-refractivity contribution in [2.45, 2.75) is 0 Å². The first-order chi connectivity index (χ1) is 12.8. The number of rotatable bonds is 1. The predicted octanol–water partition coefficient (Wildman–Crippen LogP) is 6.63. The molecule has 26 heavy (non-hydrogen) atoms. The summed E-state index contributed by atoms with van der Waals surface area (Å²) in [6, 6.07) is 28.1. The number of hydrogen-bond donors (Lipinski definition) is 0. The van der Waals surface area contributed by atoms with Crippen LogP contribution in [-0.4, -0.2) is 5.90 Å². The van der Waals surface area contributed by atoms with Gasteiger partial charge in [0.05, 0.1) is 16.3 Å². The maximum Gasteiger partial charge on any atom is 0.228 e. The smallest absolute Gasteiger partial charge is 0.228 e. The minimum Gasteiger partial charge on any atom is -0.438 e. The van der Waals surface area contributed by atoms with Gasteiger partial charge in [-0.2, -0.15) is 0 Å². The van der Waals surface area contributed by atoms with Crippen molar-refractivity contribution < 1.29 is 4.74 Å². The van der Waals surface area contributed by atoms with E-state index in [9.17, 15) is 0 Å². The van der Waals surface area contributed by atoms with E-state index in [4.69, 9.17) is 21.3 Å². The SMILES string of the molecule is Clc1ccccc1C1=Nc2ccc3ccccc3c2-c2ccccc2O1. The quantitative estimate of drug-likeness (QED) is 0.375. The van der Waals surface area contributed by atoms with Crippen molar-refractivity contribution in [3.63, 3.8) is 0 Å². The summed E-state index contributed by atoms with van der Waals surface area (Å²) in [4.78, 5) is 4.85. The van der Waals surface area contributed by atoms with Crippen LogP contribution in [0.2, 0.25) is 5.02 Å². The first kappa shape index (κ1) is 15.2. The fourth-order valence-corrected chi connectivity index (χ4v) is 3.60. The lowest BCUT2D eigenvalue weighted by Gasteiger charge is -2.11. The van der Waals surface area contributed by atoms with Gasteiger partial charge >= 0.3 is 0 Å². The Hall–Kier alpha value is -3.10. The lowest BCUT2D eigenvalue weighted by molar-refractivity contribution is 0.557. The maximum atomic E-state index is 6.40. The summed E-state index contributed by atoms with van der Waals surface area (Å²) in [6.07, 6.45) is 0. The molecule has 0 atom stereocenters. The van der Waals surface area contributed by atoms with Gasteiger partial charge in [-0.1, -0.05) is 72.3 Å². The maximum absolute atomic E-state index is 6.40. The molecule has 0 saturated heterocycles. The van der Waals surface area contributed by atoms with E-state index in [1.807, 2.05) is 54.6 Å². The van der Waals surface area contributed by atoms with Crippen LogP contribution in [0, 0.1) is 0 Å². The molecule has 1 heterocycles. The molecule has 124 valence electrons. The number of para-hydroxylation sites is 1. The second-order valence-corrected chi connectivity index (χ2v) is 6.58. The van der Waals surface area contributed by atoms with Gasteiger partial charge in [-0.15, -0.1) is 0 Å². The summed E-state index contributed by atoms with van der Waals surface area (Å²) in [6.45, 7) is 0. The van der Waals surface area contributed by atoms with Crippen LogP contribution < -0.4 is 4.74 Å². The molecule has 0 unspecified atom stereocenters. The number of benzene rings is 4. The first-order valence-corrected chi connectivity index (χ1v) is 8.82. The molecule has 0 saturated carbocycles. The fourth-order valence-electron chi connectivity index (χ4n) is 3.38. The van der Waals surface area contributed by atoms with Crippen LogP contribution in [0.25, 0.3) is 21.9 Å². The molecule has 1 aliphatic rings. The van der Waals surface area contributed by atoms with E-state index in [1.54, 1.807) is 0 Å². The van der Waals surface area contributed by atoms with Crippen molar-refractivity contribution in [2.24, 2.45) is 4.99 Å². The standard InChI is InChI=1S/C23H14ClNO/c24-19-11-5-3-9-17(19)23-25-20-14-13-15-7-1-2-8-16(15)22(20)18-10-4-6-12-21(18)26-23/h1-14H. The molecule has 0 fully saturated rings. The molecule has 2 nitrogen and oxygen atoms in total. The van der Waals surface area contributed by atoms with Gasteiger partial charge in [-0.3, -0.25) is 0 Å². The van der Waals surface area contributed by atoms with Crippen molar-refractivity contribution in [1.82, 2.24) is 0 Å². The summed E-state index contributed by atoms with van der Waals surface area (Å²) >= 11 is 6.40. The molecule has 0 radical (unpaired) electrons. The van der Waals surface area contributed by atoms with Gasteiger partial charge in [-0.05, 0) is 35.0 Å². The minimum absolute atomic E-state index is 0.511. The van der Waals surface area contributed by atoms with Crippen LogP contribution in [0.5, 0.6) is 5.75 Å². The van der Waals surface area contributed by atoms with Gasteiger partial charge in [0.15, 0.2) is 0 Å². The van der Waals surface area contributed by atoms with Crippen LogP contribution in [-0.2, 0) is 0 Å². The molecule has 3 heteroatoms. The van der Waals surface area contributed by atoms with Gasteiger partial charge < -0.3 is 4.74 Å². The second kappa shape index (κ2) is 6.01. The molecule has 0 bridgehead atoms. The first-order valence-electron chi connectivity index (χ1n) is 8.44. The van der Waals surface area contributed by atoms with Crippen LogP contribution in [0.4, 0.5) is 5.69 Å². The molecule has 0 amide bonds. The van der Waals surface area contributed by atoms with Gasteiger partial charge in [0.25, 0.3) is 0 Å². The number of fused-ring (bicyclic) bond motifs is 5. The average Bonchev–Trinajstić information content (AvgIpc) is 2.85. The second-order valence-electron chi connectivity index (χ2n) is 6.18. The van der Waals surface area contributed by atoms with E-state index in [-0.39, 0.29) is 0 Å². The molecule has 0 spiro atoms. The summed E-state index contributed by atoms with van der Waals surface area (Å²) in [5.41, 5.74) is 3.78. The summed E-state index contributed by atoms with van der Waals surface area (Å²) < 4.78 is 6.22. The van der Waals surface area contributed by atoms with Crippen LogP contribution in [0.15, 0.2) is 89.9 Å². The molecular weight excluding hydrogens is 342 g/mol. The molecule has 0 aromatic heterocycles. The third kappa shape index (κ3) is 2.39. The largest absolute Gasteiger partial charge is 0.438 e. The van der Waals surface area contributed by atoms with E-state index in [0.717, 1.165) is 33.5 Å². The van der Waals surface area contributed by atoms with Gasteiger partial charge in [-0.25, -0.2) is 4.99 Å². The lowest BCUT2D eigenvalue weighted by atomic mass is 9.96. The topological polar surface area (TPSA) is 21.6 Å². The highest BCUT2D eigenvalue weighted by Crippen LogP contribution is 2.44. The van der Waals surface area contributed by atoms with E-state index in [2.05, 4.69) is 30.3 Å². The Labute approximate surface area is 156 Å². The Balaban J connectivity index is 1.86. The van der Waals surface area contributed by atoms with Crippen molar-refractivity contribution >= 4 is 34.0 Å². The Morgan fingerprint density at radius 1 is 0.692 bits per heavy atom. The average molecular weight is 356 g/mol. The number of nitrogens with zero attached hydrogens (tertiary/aromatic N) is 1. The fraction of sp³-hybridized carbons (Fsp3) is 0. The molecule has 0 aliphatic carbocycles. The van der Waals surface area contributed by atoms with Crippen LogP contribution in [0.3, 0.4) is 0 Å². The lowest BCUT2D eigenvalue weighted by Crippen LogP contribution is -2.10. The van der Waals surface area contributed by atoms with Crippen molar-refractivity contribution in [2.75, 3.05) is 0 Å². The highest BCUT2D eigenvalue weighted by Gasteiger charge is 2.21. The van der Waals surface area contributed by atoms with E-state index in [1.165, 1.54) is 5.39 Å². The molecule has 4 aromatic carbocycles. The molecule has 5 rings (SSSR count). The van der Waals surface area contributed by atoms with Gasteiger partial charge in [0.1, 0.15) is 5.75 Å². The normalized spacial score (nSPS) is 12.6. The number of hydrogen-bond acceptors (Lipinski definition) is 2. The zero-order valence-electron chi connectivity index (χ0n) is 13.8. The Morgan fingerprint density at radius 2 is 1.42 bits per heavy atom.